The molecule has 0 bridgehead atoms. The number of furan rings is 1. The van der Waals surface area contributed by atoms with E-state index in [1.807, 2.05) is 56.3 Å². The molecule has 0 spiro atoms. The summed E-state index contributed by atoms with van der Waals surface area (Å²) >= 11 is 0. The lowest BCUT2D eigenvalue weighted by Crippen LogP contribution is -2.19. The van der Waals surface area contributed by atoms with Gasteiger partial charge in [0.15, 0.2) is 11.5 Å². The van der Waals surface area contributed by atoms with E-state index in [-0.39, 0.29) is 11.6 Å². The Kier molecular flexibility index (Phi) is 4.05. The van der Waals surface area contributed by atoms with Crippen LogP contribution in [0.1, 0.15) is 28.7 Å². The van der Waals surface area contributed by atoms with Crippen LogP contribution in [0.2, 0.25) is 0 Å². The second-order valence-corrected chi connectivity index (χ2v) is 5.08. The van der Waals surface area contributed by atoms with Gasteiger partial charge in [-0.3, -0.25) is 9.89 Å². The van der Waals surface area contributed by atoms with Gasteiger partial charge in [-0.25, -0.2) is 5.43 Å². The molecule has 0 aliphatic rings. The van der Waals surface area contributed by atoms with Crippen LogP contribution in [0.4, 0.5) is 0 Å². The van der Waals surface area contributed by atoms with E-state index in [4.69, 9.17) is 4.42 Å². The highest BCUT2D eigenvalue weighted by Crippen LogP contribution is 2.20. The predicted molar refractivity (Wildman–Crippen MR) is 87.1 cm³/mol. The second-order valence-electron chi connectivity index (χ2n) is 5.08. The van der Waals surface area contributed by atoms with Gasteiger partial charge in [-0.15, -0.1) is 0 Å². The third-order valence-corrected chi connectivity index (χ3v) is 3.33. The maximum Gasteiger partial charge on any atom is 0.291 e. The van der Waals surface area contributed by atoms with Crippen LogP contribution in [0, 0.1) is 6.92 Å². The number of aromatic nitrogens is 2. The maximum atomic E-state index is 12.1. The highest BCUT2D eigenvalue weighted by molar-refractivity contribution is 6.00. The van der Waals surface area contributed by atoms with Crippen molar-refractivity contribution in [3.63, 3.8) is 0 Å². The zero-order valence-corrected chi connectivity index (χ0v) is 12.8. The zero-order valence-electron chi connectivity index (χ0n) is 12.8. The number of aryl methyl sites for hydroxylation is 1. The molecule has 6 heteroatoms. The topological polar surface area (TPSA) is 83.3 Å². The average molecular weight is 308 g/mol. The number of benzene rings is 1. The number of hydrogen-bond acceptors (Lipinski definition) is 4. The van der Waals surface area contributed by atoms with Crippen LogP contribution in [-0.2, 0) is 0 Å². The largest absolute Gasteiger partial charge is 0.460 e. The van der Waals surface area contributed by atoms with Crippen molar-refractivity contribution in [2.24, 2.45) is 5.10 Å². The van der Waals surface area contributed by atoms with Gasteiger partial charge in [0.05, 0.1) is 5.71 Å². The third-order valence-electron chi connectivity index (χ3n) is 3.33. The quantitative estimate of drug-likeness (QED) is 0.573. The van der Waals surface area contributed by atoms with Gasteiger partial charge < -0.3 is 4.42 Å². The number of rotatable bonds is 4. The van der Waals surface area contributed by atoms with E-state index < -0.39 is 0 Å². The molecule has 0 fully saturated rings. The molecule has 0 aliphatic carbocycles. The van der Waals surface area contributed by atoms with Gasteiger partial charge in [-0.2, -0.15) is 10.2 Å². The lowest BCUT2D eigenvalue weighted by molar-refractivity contribution is 0.0950. The molecule has 3 aromatic rings. The van der Waals surface area contributed by atoms with Crippen molar-refractivity contribution >= 4 is 11.6 Å². The van der Waals surface area contributed by atoms with Gasteiger partial charge in [0.1, 0.15) is 11.5 Å². The Balaban J connectivity index is 1.71. The van der Waals surface area contributed by atoms with Gasteiger partial charge in [-0.05, 0) is 31.5 Å². The number of nitrogens with one attached hydrogen (secondary N) is 2. The number of H-pyrrole nitrogens is 1. The Morgan fingerprint density at radius 3 is 2.70 bits per heavy atom. The molecule has 0 atom stereocenters. The van der Waals surface area contributed by atoms with Crippen LogP contribution in [-0.4, -0.2) is 21.8 Å². The van der Waals surface area contributed by atoms with E-state index in [9.17, 15) is 4.79 Å². The van der Waals surface area contributed by atoms with Crippen molar-refractivity contribution in [1.82, 2.24) is 15.6 Å². The van der Waals surface area contributed by atoms with Gasteiger partial charge >= 0.3 is 0 Å². The van der Waals surface area contributed by atoms with E-state index in [0.717, 1.165) is 17.0 Å². The molecule has 6 nitrogen and oxygen atoms in total. The first-order valence-electron chi connectivity index (χ1n) is 7.16. The van der Waals surface area contributed by atoms with E-state index >= 15 is 0 Å². The highest BCUT2D eigenvalue weighted by atomic mass is 16.3. The van der Waals surface area contributed by atoms with Gasteiger partial charge in [-0.1, -0.05) is 30.3 Å². The minimum atomic E-state index is -0.383. The Bertz CT molecular complexity index is 846. The number of amides is 1. The lowest BCUT2D eigenvalue weighted by atomic mass is 10.1. The summed E-state index contributed by atoms with van der Waals surface area (Å²) in [5, 5.41) is 10.9. The number of hydrazone groups is 1. The van der Waals surface area contributed by atoms with E-state index in [2.05, 4.69) is 20.7 Å². The molecule has 116 valence electrons. The fourth-order valence-corrected chi connectivity index (χ4v) is 2.08. The van der Waals surface area contributed by atoms with E-state index in [0.29, 0.717) is 11.5 Å². The van der Waals surface area contributed by atoms with Crippen molar-refractivity contribution < 1.29 is 9.21 Å². The first-order chi connectivity index (χ1) is 11.1. The third kappa shape index (κ3) is 3.37. The molecule has 2 aromatic heterocycles. The van der Waals surface area contributed by atoms with Crippen LogP contribution in [0.15, 0.2) is 58.0 Å². The Morgan fingerprint density at radius 1 is 1.22 bits per heavy atom. The van der Waals surface area contributed by atoms with Gasteiger partial charge in [0.25, 0.3) is 5.91 Å². The van der Waals surface area contributed by atoms with E-state index in [1.54, 1.807) is 6.07 Å². The van der Waals surface area contributed by atoms with Crippen LogP contribution < -0.4 is 5.43 Å². The number of aromatic amines is 1. The summed E-state index contributed by atoms with van der Waals surface area (Å²) in [6.07, 6.45) is 0. The lowest BCUT2D eigenvalue weighted by Gasteiger charge is -2.00. The number of carbonyl (C=O) groups excluding carboxylic acids is 1. The summed E-state index contributed by atoms with van der Waals surface area (Å²) in [5.74, 6) is 1.05. The van der Waals surface area contributed by atoms with Gasteiger partial charge in [0.2, 0.25) is 0 Å². The maximum absolute atomic E-state index is 12.1. The van der Waals surface area contributed by atoms with Crippen molar-refractivity contribution in [3.05, 3.63) is 65.5 Å². The van der Waals surface area contributed by atoms with Crippen LogP contribution in [0.3, 0.4) is 0 Å². The summed E-state index contributed by atoms with van der Waals surface area (Å²) in [4.78, 5) is 12.1. The number of nitrogens with zero attached hydrogens (tertiary/aromatic N) is 2. The van der Waals surface area contributed by atoms with Crippen LogP contribution in [0.25, 0.3) is 11.5 Å². The van der Waals surface area contributed by atoms with Gasteiger partial charge in [0, 0.05) is 6.07 Å². The zero-order chi connectivity index (χ0) is 16.2. The predicted octanol–water partition coefficient (Wildman–Crippen LogP) is 3.13. The normalized spacial score (nSPS) is 11.5. The average Bonchev–Trinajstić information content (AvgIpc) is 3.22. The molecule has 3 rings (SSSR count). The minimum Gasteiger partial charge on any atom is -0.460 e. The van der Waals surface area contributed by atoms with Crippen molar-refractivity contribution in [3.8, 4) is 11.5 Å². The van der Waals surface area contributed by atoms with Crippen molar-refractivity contribution in [1.29, 1.82) is 0 Å². The Labute approximate surface area is 133 Å². The Hall–Kier alpha value is -3.15. The molecule has 0 radical (unpaired) electrons. The first kappa shape index (κ1) is 14.8. The summed E-state index contributed by atoms with van der Waals surface area (Å²) in [6.45, 7) is 3.69. The smallest absolute Gasteiger partial charge is 0.291 e. The molecular formula is C17H16N4O2. The fraction of sp³-hybridized carbons (Fsp3) is 0.118. The van der Waals surface area contributed by atoms with E-state index in [1.165, 1.54) is 0 Å². The highest BCUT2D eigenvalue weighted by Gasteiger charge is 2.13. The molecule has 2 heterocycles. The molecule has 0 unspecified atom stereocenters. The van der Waals surface area contributed by atoms with Crippen LogP contribution >= 0.6 is 0 Å². The molecule has 0 saturated carbocycles. The molecule has 23 heavy (non-hydrogen) atoms. The monoisotopic (exact) mass is 308 g/mol. The molecular weight excluding hydrogens is 292 g/mol. The second kappa shape index (κ2) is 6.31. The summed E-state index contributed by atoms with van der Waals surface area (Å²) in [7, 11) is 0. The molecule has 2 N–H and O–H groups in total. The standard InChI is InChI=1S/C17H16N4O2/c1-11-8-9-16(23-11)14-10-15(20-19-14)17(22)21-18-12(2)13-6-4-3-5-7-13/h3-10H,1-2H3,(H,19,20)(H,21,22). The van der Waals surface area contributed by atoms with Crippen molar-refractivity contribution in [2.75, 3.05) is 0 Å². The van der Waals surface area contributed by atoms with Crippen molar-refractivity contribution in [2.45, 2.75) is 13.8 Å². The minimum absolute atomic E-state index is 0.249. The molecule has 1 amide bonds. The summed E-state index contributed by atoms with van der Waals surface area (Å²) < 4.78 is 5.49. The Morgan fingerprint density at radius 2 is 2.00 bits per heavy atom. The molecule has 0 saturated heterocycles. The SMILES string of the molecule is CC(=NNC(=O)c1cc(-c2ccc(C)o2)[nH]n1)c1ccccc1. The summed E-state index contributed by atoms with van der Waals surface area (Å²) in [5.41, 5.74) is 5.06. The number of carbonyl (C=O) groups is 1. The number of hydrogen-bond donors (Lipinski definition) is 2. The van der Waals surface area contributed by atoms with Crippen LogP contribution in [0.5, 0.6) is 0 Å². The summed E-state index contributed by atoms with van der Waals surface area (Å²) in [6, 6.07) is 14.9. The first-order valence-corrected chi connectivity index (χ1v) is 7.16. The fourth-order valence-electron chi connectivity index (χ4n) is 2.08. The molecule has 1 aromatic carbocycles. The molecule has 0 aliphatic heterocycles.